The summed E-state index contributed by atoms with van der Waals surface area (Å²) in [5.41, 5.74) is 0.464. The molecule has 0 aliphatic carbocycles. The third kappa shape index (κ3) is 6.60. The van der Waals surface area contributed by atoms with Gasteiger partial charge in [0.25, 0.3) is 0 Å². The van der Waals surface area contributed by atoms with Gasteiger partial charge in [0.1, 0.15) is 13.2 Å². The largest absolute Gasteiger partial charge is 0.461 e. The Morgan fingerprint density at radius 1 is 1.12 bits per heavy atom. The number of ether oxygens (including phenoxy) is 2. The Labute approximate surface area is 94.6 Å². The van der Waals surface area contributed by atoms with Crippen LogP contribution in [0.2, 0.25) is 0 Å². The number of carbonyl (C=O) groups excluding carboxylic acids is 2. The fourth-order valence-corrected chi connectivity index (χ4v) is 0.767. The van der Waals surface area contributed by atoms with Crippen LogP contribution in [0.4, 0.5) is 0 Å². The van der Waals surface area contributed by atoms with E-state index >= 15 is 0 Å². The Morgan fingerprint density at radius 2 is 1.56 bits per heavy atom. The minimum absolute atomic E-state index is 0.0166. The number of esters is 2. The third-order valence-electron chi connectivity index (χ3n) is 1.68. The van der Waals surface area contributed by atoms with Crippen LogP contribution in [0.25, 0.3) is 0 Å². The van der Waals surface area contributed by atoms with Crippen molar-refractivity contribution in [3.05, 3.63) is 11.6 Å². The molecule has 0 atom stereocenters. The number of hydrogen-bond donors (Lipinski definition) is 0. The van der Waals surface area contributed by atoms with Gasteiger partial charge in [-0.05, 0) is 0 Å². The second-order valence-electron chi connectivity index (χ2n) is 2.96. The zero-order chi connectivity index (χ0) is 12.4. The quantitative estimate of drug-likeness (QED) is 0.503. The highest BCUT2D eigenvalue weighted by atomic mass is 16.5. The Bertz CT molecular complexity index is 292. The van der Waals surface area contributed by atoms with E-state index in [4.69, 9.17) is 14.7 Å². The molecule has 0 radical (unpaired) electrons. The van der Waals surface area contributed by atoms with Gasteiger partial charge in [-0.1, -0.05) is 13.8 Å². The Hall–Kier alpha value is -1.83. The van der Waals surface area contributed by atoms with E-state index in [1.54, 1.807) is 19.9 Å². The molecule has 0 saturated heterocycles. The average molecular weight is 225 g/mol. The first-order chi connectivity index (χ1) is 7.63. The van der Waals surface area contributed by atoms with Crippen LogP contribution in [-0.2, 0) is 19.1 Å². The Morgan fingerprint density at radius 3 is 1.88 bits per heavy atom. The molecule has 0 aliphatic heterocycles. The monoisotopic (exact) mass is 225 g/mol. The molecular formula is C11H15NO4. The average Bonchev–Trinajstić information content (AvgIpc) is 2.31. The van der Waals surface area contributed by atoms with Gasteiger partial charge < -0.3 is 9.47 Å². The minimum atomic E-state index is -0.356. The molecule has 0 N–H and O–H groups in total. The standard InChI is InChI=1S/C11H15NO4/c1-3-10(13)15-7-9(5-6-12)8-16-11(14)4-2/h5H,3-4,7-8H2,1-2H3. The van der Waals surface area contributed by atoms with Crippen LogP contribution in [0, 0.1) is 11.3 Å². The number of carbonyl (C=O) groups is 2. The molecule has 0 spiro atoms. The molecule has 0 aromatic rings. The van der Waals surface area contributed by atoms with E-state index in [9.17, 15) is 9.59 Å². The van der Waals surface area contributed by atoms with Gasteiger partial charge in [0.05, 0.1) is 6.07 Å². The summed E-state index contributed by atoms with van der Waals surface area (Å²) in [5.74, 6) is -0.712. The summed E-state index contributed by atoms with van der Waals surface area (Å²) in [5, 5.41) is 8.47. The van der Waals surface area contributed by atoms with Crippen molar-refractivity contribution in [3.8, 4) is 6.07 Å². The van der Waals surface area contributed by atoms with Gasteiger partial charge in [0.15, 0.2) is 0 Å². The van der Waals surface area contributed by atoms with Crippen molar-refractivity contribution in [3.63, 3.8) is 0 Å². The molecule has 0 saturated carbocycles. The van der Waals surface area contributed by atoms with Gasteiger partial charge in [-0.3, -0.25) is 9.59 Å². The van der Waals surface area contributed by atoms with E-state index in [1.165, 1.54) is 6.08 Å². The van der Waals surface area contributed by atoms with E-state index in [2.05, 4.69) is 0 Å². The normalized spacial score (nSPS) is 8.81. The van der Waals surface area contributed by atoms with Crippen LogP contribution < -0.4 is 0 Å². The van der Waals surface area contributed by atoms with Crippen LogP contribution >= 0.6 is 0 Å². The molecule has 5 heteroatoms. The van der Waals surface area contributed by atoms with Gasteiger partial charge in [0.2, 0.25) is 0 Å². The predicted octanol–water partition coefficient (Wildman–Crippen LogP) is 1.34. The molecule has 0 amide bonds. The summed E-state index contributed by atoms with van der Waals surface area (Å²) < 4.78 is 9.64. The summed E-state index contributed by atoms with van der Waals surface area (Å²) in [6, 6.07) is 1.81. The van der Waals surface area contributed by atoms with Crippen molar-refractivity contribution in [2.75, 3.05) is 13.2 Å². The molecule has 88 valence electrons. The van der Waals surface area contributed by atoms with Crippen LogP contribution in [0.3, 0.4) is 0 Å². The van der Waals surface area contributed by atoms with Crippen LogP contribution in [0.1, 0.15) is 26.7 Å². The van der Waals surface area contributed by atoms with Crippen molar-refractivity contribution < 1.29 is 19.1 Å². The number of nitriles is 1. The highest BCUT2D eigenvalue weighted by Gasteiger charge is 2.05. The lowest BCUT2D eigenvalue weighted by Crippen LogP contribution is -2.12. The topological polar surface area (TPSA) is 76.4 Å². The number of allylic oxidation sites excluding steroid dienone is 1. The molecule has 0 bridgehead atoms. The predicted molar refractivity (Wildman–Crippen MR) is 56.2 cm³/mol. The SMILES string of the molecule is CCC(=O)OCC(=CC#N)COC(=O)CC. The van der Waals surface area contributed by atoms with Crippen LogP contribution in [-0.4, -0.2) is 25.2 Å². The highest BCUT2D eigenvalue weighted by Crippen LogP contribution is 1.99. The zero-order valence-corrected chi connectivity index (χ0v) is 9.49. The lowest BCUT2D eigenvalue weighted by Gasteiger charge is -2.07. The maximum absolute atomic E-state index is 10.9. The van der Waals surface area contributed by atoms with E-state index in [0.29, 0.717) is 5.57 Å². The molecule has 0 rings (SSSR count). The molecular weight excluding hydrogens is 210 g/mol. The summed E-state index contributed by atoms with van der Waals surface area (Å²) in [6.07, 6.45) is 1.76. The molecule has 0 unspecified atom stereocenters. The molecule has 16 heavy (non-hydrogen) atoms. The van der Waals surface area contributed by atoms with Gasteiger partial charge in [0, 0.05) is 24.5 Å². The first-order valence-electron chi connectivity index (χ1n) is 5.02. The van der Waals surface area contributed by atoms with Crippen molar-refractivity contribution in [2.24, 2.45) is 0 Å². The van der Waals surface area contributed by atoms with Gasteiger partial charge >= 0.3 is 11.9 Å². The molecule has 5 nitrogen and oxygen atoms in total. The van der Waals surface area contributed by atoms with Crippen molar-refractivity contribution >= 4 is 11.9 Å². The zero-order valence-electron chi connectivity index (χ0n) is 9.49. The number of hydrogen-bond acceptors (Lipinski definition) is 5. The lowest BCUT2D eigenvalue weighted by atomic mass is 10.3. The van der Waals surface area contributed by atoms with Crippen molar-refractivity contribution in [1.29, 1.82) is 5.26 Å². The molecule has 0 aliphatic rings. The van der Waals surface area contributed by atoms with Gasteiger partial charge in [-0.2, -0.15) is 5.26 Å². The van der Waals surface area contributed by atoms with E-state index in [-0.39, 0.29) is 38.0 Å². The second kappa shape index (κ2) is 8.48. The maximum atomic E-state index is 10.9. The van der Waals surface area contributed by atoms with Gasteiger partial charge in [-0.15, -0.1) is 0 Å². The van der Waals surface area contributed by atoms with E-state index in [0.717, 1.165) is 0 Å². The molecule has 0 fully saturated rings. The first-order valence-corrected chi connectivity index (χ1v) is 5.02. The smallest absolute Gasteiger partial charge is 0.305 e. The highest BCUT2D eigenvalue weighted by molar-refractivity contribution is 5.69. The van der Waals surface area contributed by atoms with Crippen LogP contribution in [0.15, 0.2) is 11.6 Å². The van der Waals surface area contributed by atoms with Gasteiger partial charge in [-0.25, -0.2) is 0 Å². The van der Waals surface area contributed by atoms with Crippen molar-refractivity contribution in [2.45, 2.75) is 26.7 Å². The second-order valence-corrected chi connectivity index (χ2v) is 2.96. The molecule has 0 heterocycles. The third-order valence-corrected chi connectivity index (χ3v) is 1.68. The minimum Gasteiger partial charge on any atom is -0.461 e. The fourth-order valence-electron chi connectivity index (χ4n) is 0.767. The summed E-state index contributed by atoms with van der Waals surface area (Å²) >= 11 is 0. The first kappa shape index (κ1) is 14.2. The Kier molecular flexibility index (Phi) is 7.51. The molecule has 0 aromatic carbocycles. The number of rotatable bonds is 6. The number of nitrogens with zero attached hydrogens (tertiary/aromatic N) is 1. The lowest BCUT2D eigenvalue weighted by molar-refractivity contribution is -0.143. The fraction of sp³-hybridized carbons (Fsp3) is 0.545. The van der Waals surface area contributed by atoms with E-state index < -0.39 is 0 Å². The van der Waals surface area contributed by atoms with E-state index in [1.807, 2.05) is 0 Å². The van der Waals surface area contributed by atoms with Crippen LogP contribution in [0.5, 0.6) is 0 Å². The summed E-state index contributed by atoms with van der Waals surface area (Å²) in [4.78, 5) is 21.7. The Balaban J connectivity index is 4.10. The maximum Gasteiger partial charge on any atom is 0.305 e. The van der Waals surface area contributed by atoms with Crippen molar-refractivity contribution in [1.82, 2.24) is 0 Å². The summed E-state index contributed by atoms with van der Waals surface area (Å²) in [6.45, 7) is 3.31. The summed E-state index contributed by atoms with van der Waals surface area (Å²) in [7, 11) is 0. The molecule has 0 aromatic heterocycles.